The average Bonchev–Trinajstić information content (AvgIpc) is 2.29. The van der Waals surface area contributed by atoms with Crippen molar-refractivity contribution in [2.75, 3.05) is 0 Å². The third kappa shape index (κ3) is 2.37. The van der Waals surface area contributed by atoms with Crippen molar-refractivity contribution in [2.24, 2.45) is 0 Å². The summed E-state index contributed by atoms with van der Waals surface area (Å²) in [7, 11) is 0. The summed E-state index contributed by atoms with van der Waals surface area (Å²) in [5.41, 5.74) is 3.76. The first-order chi connectivity index (χ1) is 8.49. The monoisotopic (exact) mass is 244 g/mol. The average molecular weight is 244 g/mol. The van der Waals surface area contributed by atoms with Gasteiger partial charge in [-0.2, -0.15) is 0 Å². The van der Waals surface area contributed by atoms with Gasteiger partial charge in [0.1, 0.15) is 11.6 Å². The highest BCUT2D eigenvalue weighted by Crippen LogP contribution is 2.37. The second-order valence-electron chi connectivity index (χ2n) is 4.91. The van der Waals surface area contributed by atoms with Crippen LogP contribution in [0.25, 0.3) is 11.1 Å². The summed E-state index contributed by atoms with van der Waals surface area (Å²) in [5, 5.41) is 10.2. The predicted molar refractivity (Wildman–Crippen MR) is 72.3 cm³/mol. The van der Waals surface area contributed by atoms with Gasteiger partial charge in [-0.1, -0.05) is 32.0 Å². The van der Waals surface area contributed by atoms with Gasteiger partial charge < -0.3 is 5.11 Å². The zero-order valence-corrected chi connectivity index (χ0v) is 10.9. The molecule has 94 valence electrons. The molecule has 0 atom stereocenters. The SMILES string of the molecule is Cc1cc(O)c(-c2ccc(F)cc2)c(C(C)C)c1. The minimum atomic E-state index is -0.267. The van der Waals surface area contributed by atoms with Crippen LogP contribution in [-0.2, 0) is 0 Å². The van der Waals surface area contributed by atoms with Gasteiger partial charge >= 0.3 is 0 Å². The van der Waals surface area contributed by atoms with Crippen molar-refractivity contribution in [3.05, 3.63) is 53.3 Å². The maximum absolute atomic E-state index is 13.0. The molecule has 0 aliphatic heterocycles. The zero-order valence-electron chi connectivity index (χ0n) is 10.9. The predicted octanol–water partition coefficient (Wildman–Crippen LogP) is 4.63. The summed E-state index contributed by atoms with van der Waals surface area (Å²) >= 11 is 0. The Balaban J connectivity index is 2.65. The van der Waals surface area contributed by atoms with E-state index in [-0.39, 0.29) is 11.6 Å². The Kier molecular flexibility index (Phi) is 3.37. The Labute approximate surface area is 107 Å². The smallest absolute Gasteiger partial charge is 0.123 e. The molecule has 2 rings (SSSR count). The number of benzene rings is 2. The first-order valence-corrected chi connectivity index (χ1v) is 6.08. The van der Waals surface area contributed by atoms with Gasteiger partial charge in [-0.3, -0.25) is 0 Å². The molecular weight excluding hydrogens is 227 g/mol. The zero-order chi connectivity index (χ0) is 13.3. The molecule has 2 aromatic rings. The molecule has 0 heterocycles. The van der Waals surface area contributed by atoms with Gasteiger partial charge in [0.2, 0.25) is 0 Å². The van der Waals surface area contributed by atoms with Gasteiger partial charge in [0, 0.05) is 5.56 Å². The summed E-state index contributed by atoms with van der Waals surface area (Å²) in [6, 6.07) is 10.0. The number of halogens is 1. The van der Waals surface area contributed by atoms with E-state index in [1.54, 1.807) is 18.2 Å². The number of aromatic hydroxyl groups is 1. The molecule has 0 aliphatic carbocycles. The fourth-order valence-electron chi connectivity index (χ4n) is 2.18. The normalized spacial score (nSPS) is 10.9. The molecule has 0 fully saturated rings. The van der Waals surface area contributed by atoms with Crippen molar-refractivity contribution in [1.29, 1.82) is 0 Å². The van der Waals surface area contributed by atoms with Crippen LogP contribution in [0.3, 0.4) is 0 Å². The van der Waals surface area contributed by atoms with E-state index in [1.165, 1.54) is 12.1 Å². The van der Waals surface area contributed by atoms with Crippen LogP contribution >= 0.6 is 0 Å². The number of rotatable bonds is 2. The molecule has 0 unspecified atom stereocenters. The summed E-state index contributed by atoms with van der Waals surface area (Å²) in [6.45, 7) is 6.13. The molecule has 0 spiro atoms. The van der Waals surface area contributed by atoms with E-state index >= 15 is 0 Å². The summed E-state index contributed by atoms with van der Waals surface area (Å²) in [5.74, 6) is 0.289. The molecule has 0 aromatic heterocycles. The van der Waals surface area contributed by atoms with Crippen molar-refractivity contribution in [1.82, 2.24) is 0 Å². The van der Waals surface area contributed by atoms with Crippen LogP contribution in [0.5, 0.6) is 5.75 Å². The third-order valence-electron chi connectivity index (χ3n) is 3.05. The van der Waals surface area contributed by atoms with Crippen LogP contribution in [0, 0.1) is 12.7 Å². The lowest BCUT2D eigenvalue weighted by Crippen LogP contribution is -1.94. The maximum Gasteiger partial charge on any atom is 0.123 e. The summed E-state index contributed by atoms with van der Waals surface area (Å²) in [4.78, 5) is 0. The highest BCUT2D eigenvalue weighted by Gasteiger charge is 2.14. The van der Waals surface area contributed by atoms with Crippen molar-refractivity contribution in [2.45, 2.75) is 26.7 Å². The van der Waals surface area contributed by atoms with E-state index in [0.29, 0.717) is 5.92 Å². The molecule has 1 N–H and O–H groups in total. The standard InChI is InChI=1S/C16H17FO/c1-10(2)14-8-11(3)9-15(18)16(14)12-4-6-13(17)7-5-12/h4-10,18H,1-3H3. The topological polar surface area (TPSA) is 20.2 Å². The number of aryl methyl sites for hydroxylation is 1. The fourth-order valence-corrected chi connectivity index (χ4v) is 2.18. The van der Waals surface area contributed by atoms with E-state index in [1.807, 2.05) is 6.92 Å². The third-order valence-corrected chi connectivity index (χ3v) is 3.05. The maximum atomic E-state index is 13.0. The van der Waals surface area contributed by atoms with E-state index in [0.717, 1.165) is 22.3 Å². The molecule has 0 radical (unpaired) electrons. The van der Waals surface area contributed by atoms with Crippen LogP contribution in [0.2, 0.25) is 0 Å². The van der Waals surface area contributed by atoms with Crippen molar-refractivity contribution in [3.8, 4) is 16.9 Å². The van der Waals surface area contributed by atoms with Gasteiger partial charge in [-0.25, -0.2) is 4.39 Å². The van der Waals surface area contributed by atoms with E-state index in [4.69, 9.17) is 0 Å². The fraction of sp³-hybridized carbons (Fsp3) is 0.250. The van der Waals surface area contributed by atoms with Crippen LogP contribution in [-0.4, -0.2) is 5.11 Å². The number of phenols is 1. The Morgan fingerprint density at radius 2 is 1.67 bits per heavy atom. The molecule has 0 aliphatic rings. The van der Waals surface area contributed by atoms with Gasteiger partial charge in [-0.05, 0) is 47.7 Å². The van der Waals surface area contributed by atoms with E-state index in [9.17, 15) is 9.50 Å². The quantitative estimate of drug-likeness (QED) is 0.816. The Morgan fingerprint density at radius 3 is 2.22 bits per heavy atom. The molecule has 2 heteroatoms. The first kappa shape index (κ1) is 12.6. The minimum Gasteiger partial charge on any atom is -0.507 e. The van der Waals surface area contributed by atoms with E-state index < -0.39 is 0 Å². The Morgan fingerprint density at radius 1 is 1.06 bits per heavy atom. The number of hydrogen-bond donors (Lipinski definition) is 1. The van der Waals surface area contributed by atoms with Crippen molar-refractivity contribution < 1.29 is 9.50 Å². The highest BCUT2D eigenvalue weighted by atomic mass is 19.1. The lowest BCUT2D eigenvalue weighted by atomic mass is 9.90. The second kappa shape index (κ2) is 4.81. The van der Waals surface area contributed by atoms with Crippen molar-refractivity contribution >= 4 is 0 Å². The Hall–Kier alpha value is -1.83. The molecular formula is C16H17FO. The van der Waals surface area contributed by atoms with Crippen molar-refractivity contribution in [3.63, 3.8) is 0 Å². The molecule has 0 amide bonds. The Bertz CT molecular complexity index is 556. The van der Waals surface area contributed by atoms with Gasteiger partial charge in [0.25, 0.3) is 0 Å². The lowest BCUT2D eigenvalue weighted by molar-refractivity contribution is 0.476. The summed E-state index contributed by atoms with van der Waals surface area (Å²) < 4.78 is 13.0. The second-order valence-corrected chi connectivity index (χ2v) is 4.91. The highest BCUT2D eigenvalue weighted by molar-refractivity contribution is 5.74. The molecule has 0 bridgehead atoms. The van der Waals surface area contributed by atoms with Crippen LogP contribution in [0.4, 0.5) is 4.39 Å². The molecule has 0 saturated heterocycles. The molecule has 0 saturated carbocycles. The molecule has 1 nitrogen and oxygen atoms in total. The van der Waals surface area contributed by atoms with Gasteiger partial charge in [0.05, 0.1) is 0 Å². The van der Waals surface area contributed by atoms with Gasteiger partial charge in [-0.15, -0.1) is 0 Å². The molecule has 18 heavy (non-hydrogen) atoms. The number of hydrogen-bond acceptors (Lipinski definition) is 1. The first-order valence-electron chi connectivity index (χ1n) is 6.08. The summed E-state index contributed by atoms with van der Waals surface area (Å²) in [6.07, 6.45) is 0. The van der Waals surface area contributed by atoms with Gasteiger partial charge in [0.15, 0.2) is 0 Å². The van der Waals surface area contributed by atoms with Crippen LogP contribution in [0.1, 0.15) is 30.9 Å². The largest absolute Gasteiger partial charge is 0.507 e. The number of phenolic OH excluding ortho intramolecular Hbond substituents is 1. The molecule has 2 aromatic carbocycles. The van der Waals surface area contributed by atoms with E-state index in [2.05, 4.69) is 19.9 Å². The minimum absolute atomic E-state index is 0.255. The van der Waals surface area contributed by atoms with Crippen LogP contribution in [0.15, 0.2) is 36.4 Å². The van der Waals surface area contributed by atoms with Crippen LogP contribution < -0.4 is 0 Å². The lowest BCUT2D eigenvalue weighted by Gasteiger charge is -2.16.